The van der Waals surface area contributed by atoms with Crippen LogP contribution in [-0.2, 0) is 4.79 Å². The van der Waals surface area contributed by atoms with Crippen molar-refractivity contribution in [3.8, 4) is 0 Å². The summed E-state index contributed by atoms with van der Waals surface area (Å²) in [5, 5.41) is 2.27. The molecule has 0 radical (unpaired) electrons. The number of likely N-dealkylation sites (N-methyl/N-ethyl adjacent to an activating group) is 1. The van der Waals surface area contributed by atoms with Crippen LogP contribution in [0.1, 0.15) is 0 Å². The Bertz CT molecular complexity index is 250. The maximum Gasteiger partial charge on any atom is 0.335 e. The molecule has 0 bridgehead atoms. The van der Waals surface area contributed by atoms with E-state index >= 15 is 0 Å². The molecule has 1 aliphatic rings. The van der Waals surface area contributed by atoms with Gasteiger partial charge in [0, 0.05) is 14.1 Å². The number of rotatable bonds is 0. The lowest BCUT2D eigenvalue weighted by Gasteiger charge is -2.11. The SMILES string of the molecule is CNC(=O)N1CC(=O)N(C)C1=O. The monoisotopic (exact) mass is 171 g/mol. The Labute approximate surface area is 69.1 Å². The molecule has 1 heterocycles. The minimum Gasteiger partial charge on any atom is -0.341 e. The fourth-order valence-electron chi connectivity index (χ4n) is 0.890. The van der Waals surface area contributed by atoms with Gasteiger partial charge in [-0.05, 0) is 0 Å². The van der Waals surface area contributed by atoms with Gasteiger partial charge in [0.15, 0.2) is 0 Å². The van der Waals surface area contributed by atoms with Crippen LogP contribution in [-0.4, -0.2) is 48.4 Å². The lowest BCUT2D eigenvalue weighted by molar-refractivity contribution is -0.124. The number of nitrogens with zero attached hydrogens (tertiary/aromatic N) is 2. The summed E-state index contributed by atoms with van der Waals surface area (Å²) >= 11 is 0. The summed E-state index contributed by atoms with van der Waals surface area (Å²) in [6.45, 7) is -0.172. The highest BCUT2D eigenvalue weighted by Crippen LogP contribution is 2.06. The molecule has 6 heteroatoms. The fourth-order valence-corrected chi connectivity index (χ4v) is 0.890. The third-order valence-electron chi connectivity index (χ3n) is 1.64. The molecule has 0 aromatic heterocycles. The summed E-state index contributed by atoms with van der Waals surface area (Å²) in [7, 11) is 2.74. The zero-order valence-electron chi connectivity index (χ0n) is 6.83. The molecule has 0 saturated carbocycles. The Morgan fingerprint density at radius 1 is 1.50 bits per heavy atom. The fraction of sp³-hybridized carbons (Fsp3) is 0.500. The quantitative estimate of drug-likeness (QED) is 0.486. The molecule has 6 nitrogen and oxygen atoms in total. The lowest BCUT2D eigenvalue weighted by atomic mass is 10.6. The Morgan fingerprint density at radius 2 is 2.08 bits per heavy atom. The molecule has 0 aliphatic carbocycles. The van der Waals surface area contributed by atoms with Gasteiger partial charge in [-0.15, -0.1) is 0 Å². The van der Waals surface area contributed by atoms with Crippen LogP contribution in [0.4, 0.5) is 9.59 Å². The standard InChI is InChI=1S/C6H9N3O3/c1-7-5(11)9-3-4(10)8(2)6(9)12/h3H2,1-2H3,(H,7,11). The normalized spacial score (nSPS) is 17.2. The van der Waals surface area contributed by atoms with Crippen LogP contribution in [0.2, 0.25) is 0 Å². The smallest absolute Gasteiger partial charge is 0.335 e. The zero-order valence-corrected chi connectivity index (χ0v) is 6.83. The third kappa shape index (κ3) is 1.11. The van der Waals surface area contributed by atoms with Crippen molar-refractivity contribution in [1.82, 2.24) is 15.1 Å². The summed E-state index contributed by atoms with van der Waals surface area (Å²) in [5.41, 5.74) is 0. The molecule has 0 atom stereocenters. The third-order valence-corrected chi connectivity index (χ3v) is 1.64. The van der Waals surface area contributed by atoms with Gasteiger partial charge in [0.25, 0.3) is 5.91 Å². The average molecular weight is 171 g/mol. The van der Waals surface area contributed by atoms with E-state index in [0.717, 1.165) is 9.80 Å². The van der Waals surface area contributed by atoms with Gasteiger partial charge >= 0.3 is 12.1 Å². The Balaban J connectivity index is 2.78. The number of carbonyl (C=O) groups excluding carboxylic acids is 3. The minimum absolute atomic E-state index is 0.172. The molecule has 5 amide bonds. The van der Waals surface area contributed by atoms with Crippen molar-refractivity contribution in [2.45, 2.75) is 0 Å². The van der Waals surface area contributed by atoms with Crippen molar-refractivity contribution in [2.24, 2.45) is 0 Å². The molecule has 1 saturated heterocycles. The molecule has 0 aromatic rings. The maximum atomic E-state index is 11.1. The molecule has 1 fully saturated rings. The van der Waals surface area contributed by atoms with E-state index in [2.05, 4.69) is 5.32 Å². The molecule has 0 aromatic carbocycles. The van der Waals surface area contributed by atoms with E-state index in [1.165, 1.54) is 14.1 Å². The summed E-state index contributed by atoms with van der Waals surface area (Å²) in [4.78, 5) is 34.7. The number of hydrogen-bond donors (Lipinski definition) is 1. The summed E-state index contributed by atoms with van der Waals surface area (Å²) < 4.78 is 0. The van der Waals surface area contributed by atoms with Crippen molar-refractivity contribution >= 4 is 18.0 Å². The van der Waals surface area contributed by atoms with Gasteiger partial charge < -0.3 is 5.32 Å². The van der Waals surface area contributed by atoms with E-state index in [9.17, 15) is 14.4 Å². The predicted octanol–water partition coefficient (Wildman–Crippen LogP) is -0.780. The van der Waals surface area contributed by atoms with Crippen LogP contribution in [0.5, 0.6) is 0 Å². The van der Waals surface area contributed by atoms with Crippen LogP contribution in [0.25, 0.3) is 0 Å². The molecule has 1 rings (SSSR count). The molecule has 0 spiro atoms. The average Bonchev–Trinajstić information content (AvgIpc) is 2.32. The van der Waals surface area contributed by atoms with Crippen molar-refractivity contribution in [3.63, 3.8) is 0 Å². The summed E-state index contributed by atoms with van der Waals surface area (Å²) in [5.74, 6) is -0.372. The molecule has 0 unspecified atom stereocenters. The Kier molecular flexibility index (Phi) is 1.99. The van der Waals surface area contributed by atoms with Gasteiger partial charge in [-0.3, -0.25) is 9.69 Å². The van der Waals surface area contributed by atoms with Crippen molar-refractivity contribution < 1.29 is 14.4 Å². The number of carbonyl (C=O) groups is 3. The summed E-state index contributed by atoms with van der Waals surface area (Å²) in [6, 6.07) is -1.14. The lowest BCUT2D eigenvalue weighted by Crippen LogP contribution is -2.40. The van der Waals surface area contributed by atoms with E-state index in [4.69, 9.17) is 0 Å². The highest BCUT2D eigenvalue weighted by molar-refractivity contribution is 6.09. The minimum atomic E-state index is -0.584. The van der Waals surface area contributed by atoms with E-state index in [1.807, 2.05) is 0 Å². The number of nitrogens with one attached hydrogen (secondary N) is 1. The highest BCUT2D eigenvalue weighted by atomic mass is 16.2. The van der Waals surface area contributed by atoms with Crippen LogP contribution < -0.4 is 5.32 Å². The molecular formula is C6H9N3O3. The highest BCUT2D eigenvalue weighted by Gasteiger charge is 2.36. The van der Waals surface area contributed by atoms with Gasteiger partial charge in [-0.25, -0.2) is 14.5 Å². The zero-order chi connectivity index (χ0) is 9.30. The largest absolute Gasteiger partial charge is 0.341 e. The van der Waals surface area contributed by atoms with E-state index < -0.39 is 12.1 Å². The first-order valence-electron chi connectivity index (χ1n) is 3.37. The van der Waals surface area contributed by atoms with Gasteiger partial charge in [0.1, 0.15) is 6.54 Å². The van der Waals surface area contributed by atoms with Crippen molar-refractivity contribution in [3.05, 3.63) is 0 Å². The first kappa shape index (κ1) is 8.51. The second kappa shape index (κ2) is 2.80. The Morgan fingerprint density at radius 3 is 2.42 bits per heavy atom. The molecular weight excluding hydrogens is 162 g/mol. The van der Waals surface area contributed by atoms with Crippen LogP contribution in [0.15, 0.2) is 0 Å². The number of urea groups is 2. The van der Waals surface area contributed by atoms with Gasteiger partial charge in [0.05, 0.1) is 0 Å². The van der Waals surface area contributed by atoms with Gasteiger partial charge in [0.2, 0.25) is 0 Å². The number of amides is 5. The first-order chi connectivity index (χ1) is 5.57. The molecule has 1 N–H and O–H groups in total. The summed E-state index contributed by atoms with van der Waals surface area (Å²) in [6.07, 6.45) is 0. The second-order valence-corrected chi connectivity index (χ2v) is 2.38. The first-order valence-corrected chi connectivity index (χ1v) is 3.37. The predicted molar refractivity (Wildman–Crippen MR) is 39.3 cm³/mol. The Hall–Kier alpha value is -1.59. The van der Waals surface area contributed by atoms with Crippen molar-refractivity contribution in [1.29, 1.82) is 0 Å². The maximum absolute atomic E-state index is 11.1. The van der Waals surface area contributed by atoms with Gasteiger partial charge in [-0.1, -0.05) is 0 Å². The van der Waals surface area contributed by atoms with Crippen LogP contribution >= 0.6 is 0 Å². The number of hydrogen-bond acceptors (Lipinski definition) is 3. The molecule has 66 valence electrons. The van der Waals surface area contributed by atoms with Gasteiger partial charge in [-0.2, -0.15) is 0 Å². The van der Waals surface area contributed by atoms with E-state index in [-0.39, 0.29) is 12.5 Å². The van der Waals surface area contributed by atoms with Crippen LogP contribution in [0.3, 0.4) is 0 Å². The van der Waals surface area contributed by atoms with Crippen molar-refractivity contribution in [2.75, 3.05) is 20.6 Å². The second-order valence-electron chi connectivity index (χ2n) is 2.38. The van der Waals surface area contributed by atoms with Crippen LogP contribution in [0, 0.1) is 0 Å². The molecule has 12 heavy (non-hydrogen) atoms. The van der Waals surface area contributed by atoms with E-state index in [0.29, 0.717) is 0 Å². The van der Waals surface area contributed by atoms with E-state index in [1.54, 1.807) is 0 Å². The molecule has 1 aliphatic heterocycles. The topological polar surface area (TPSA) is 69.7 Å². The number of imide groups is 2.